The molecule has 1 fully saturated rings. The molecule has 1 saturated heterocycles. The van der Waals surface area contributed by atoms with E-state index in [4.69, 9.17) is 0 Å². The minimum atomic E-state index is -0.155. The Labute approximate surface area is 146 Å². The van der Waals surface area contributed by atoms with Gasteiger partial charge in [0.1, 0.15) is 17.3 Å². The summed E-state index contributed by atoms with van der Waals surface area (Å²) in [4.78, 5) is 27.8. The summed E-state index contributed by atoms with van der Waals surface area (Å²) < 4.78 is 2.06. The number of anilines is 1. The molecule has 0 aromatic carbocycles. The van der Waals surface area contributed by atoms with Gasteiger partial charge in [-0.25, -0.2) is 9.97 Å². The predicted octanol–water partition coefficient (Wildman–Crippen LogP) is 0.565. The summed E-state index contributed by atoms with van der Waals surface area (Å²) >= 11 is 0. The smallest absolute Gasteiger partial charge is 0.271 e. The Bertz CT molecular complexity index is 752. The topological polar surface area (TPSA) is 88.0 Å². The molecule has 132 valence electrons. The van der Waals surface area contributed by atoms with Crippen molar-refractivity contribution in [1.29, 1.82) is 0 Å². The zero-order valence-corrected chi connectivity index (χ0v) is 14.4. The summed E-state index contributed by atoms with van der Waals surface area (Å²) in [5.74, 6) is 1.64. The van der Waals surface area contributed by atoms with Crippen molar-refractivity contribution in [1.82, 2.24) is 30.2 Å². The van der Waals surface area contributed by atoms with Gasteiger partial charge < -0.3 is 20.1 Å². The van der Waals surface area contributed by atoms with Crippen LogP contribution in [0, 0.1) is 0 Å². The number of carbonyl (C=O) groups is 1. The van der Waals surface area contributed by atoms with Gasteiger partial charge in [0.2, 0.25) is 0 Å². The SMILES string of the molecule is CC1(NC(=O)c2cn3c(n2)CN(c2cnccn2)CC3)CCNCC1. The van der Waals surface area contributed by atoms with E-state index in [-0.39, 0.29) is 11.4 Å². The second-order valence-corrected chi connectivity index (χ2v) is 6.99. The van der Waals surface area contributed by atoms with Gasteiger partial charge in [0.25, 0.3) is 5.91 Å². The van der Waals surface area contributed by atoms with Crippen molar-refractivity contribution in [3.05, 3.63) is 36.3 Å². The fourth-order valence-electron chi connectivity index (χ4n) is 3.45. The fraction of sp³-hybridized carbons (Fsp3) is 0.529. The number of aromatic nitrogens is 4. The number of fused-ring (bicyclic) bond motifs is 1. The van der Waals surface area contributed by atoms with Gasteiger partial charge in [0.15, 0.2) is 0 Å². The standard InChI is InChI=1S/C17H23N7O/c1-17(2-4-18-5-3-17)22-16(25)13-11-23-8-9-24(12-15(23)21-13)14-10-19-6-7-20-14/h6-7,10-11,18H,2-5,8-9,12H2,1H3,(H,22,25). The molecule has 2 aromatic rings. The van der Waals surface area contributed by atoms with E-state index in [1.54, 1.807) is 18.6 Å². The van der Waals surface area contributed by atoms with Crippen LogP contribution in [0.15, 0.2) is 24.8 Å². The first-order valence-corrected chi connectivity index (χ1v) is 8.73. The molecule has 0 radical (unpaired) electrons. The van der Waals surface area contributed by atoms with E-state index < -0.39 is 0 Å². The number of piperidine rings is 1. The van der Waals surface area contributed by atoms with Gasteiger partial charge in [-0.1, -0.05) is 0 Å². The third-order valence-electron chi connectivity index (χ3n) is 5.03. The van der Waals surface area contributed by atoms with Crippen LogP contribution in [-0.4, -0.2) is 50.6 Å². The van der Waals surface area contributed by atoms with Crippen molar-refractivity contribution in [2.45, 2.75) is 38.4 Å². The van der Waals surface area contributed by atoms with Crippen LogP contribution in [-0.2, 0) is 13.1 Å². The van der Waals surface area contributed by atoms with Gasteiger partial charge in [-0.2, -0.15) is 0 Å². The second kappa shape index (κ2) is 6.44. The minimum absolute atomic E-state index is 0.0858. The van der Waals surface area contributed by atoms with Crippen LogP contribution in [0.2, 0.25) is 0 Å². The lowest BCUT2D eigenvalue weighted by molar-refractivity contribution is 0.0882. The van der Waals surface area contributed by atoms with Crippen molar-refractivity contribution in [2.75, 3.05) is 24.5 Å². The Hall–Kier alpha value is -2.48. The molecule has 2 aliphatic rings. The normalized spacial score (nSPS) is 19.3. The van der Waals surface area contributed by atoms with Crippen LogP contribution in [0.5, 0.6) is 0 Å². The molecule has 0 atom stereocenters. The Balaban J connectivity index is 1.47. The molecular weight excluding hydrogens is 318 g/mol. The minimum Gasteiger partial charge on any atom is -0.346 e. The lowest BCUT2D eigenvalue weighted by Crippen LogP contribution is -2.52. The van der Waals surface area contributed by atoms with E-state index in [0.717, 1.165) is 50.7 Å². The number of imidazole rings is 1. The highest BCUT2D eigenvalue weighted by Crippen LogP contribution is 2.20. The third kappa shape index (κ3) is 3.34. The van der Waals surface area contributed by atoms with Gasteiger partial charge in [-0.15, -0.1) is 0 Å². The summed E-state index contributed by atoms with van der Waals surface area (Å²) in [6, 6.07) is 0. The Morgan fingerprint density at radius 1 is 1.28 bits per heavy atom. The fourth-order valence-corrected chi connectivity index (χ4v) is 3.45. The summed E-state index contributed by atoms with van der Waals surface area (Å²) in [5, 5.41) is 6.50. The zero-order chi connectivity index (χ0) is 17.3. The summed E-state index contributed by atoms with van der Waals surface area (Å²) in [5.41, 5.74) is 0.341. The molecule has 25 heavy (non-hydrogen) atoms. The number of hydrogen-bond acceptors (Lipinski definition) is 6. The highest BCUT2D eigenvalue weighted by molar-refractivity contribution is 5.92. The maximum Gasteiger partial charge on any atom is 0.271 e. The molecule has 2 aliphatic heterocycles. The van der Waals surface area contributed by atoms with Gasteiger partial charge >= 0.3 is 0 Å². The van der Waals surface area contributed by atoms with Crippen molar-refractivity contribution < 1.29 is 4.79 Å². The number of amides is 1. The summed E-state index contributed by atoms with van der Waals surface area (Å²) in [6.07, 6.45) is 8.85. The zero-order valence-electron chi connectivity index (χ0n) is 14.4. The number of hydrogen-bond donors (Lipinski definition) is 2. The lowest BCUT2D eigenvalue weighted by Gasteiger charge is -2.34. The molecule has 1 amide bonds. The quantitative estimate of drug-likeness (QED) is 0.848. The molecule has 4 rings (SSSR count). The molecular formula is C17H23N7O. The maximum absolute atomic E-state index is 12.6. The number of rotatable bonds is 3. The Kier molecular flexibility index (Phi) is 4.12. The van der Waals surface area contributed by atoms with E-state index in [1.807, 2.05) is 6.20 Å². The third-order valence-corrected chi connectivity index (χ3v) is 5.03. The van der Waals surface area contributed by atoms with Crippen molar-refractivity contribution in [2.24, 2.45) is 0 Å². The summed E-state index contributed by atoms with van der Waals surface area (Å²) in [7, 11) is 0. The molecule has 2 N–H and O–H groups in total. The van der Waals surface area contributed by atoms with Crippen LogP contribution >= 0.6 is 0 Å². The highest BCUT2D eigenvalue weighted by atomic mass is 16.2. The Morgan fingerprint density at radius 2 is 2.12 bits per heavy atom. The monoisotopic (exact) mass is 341 g/mol. The van der Waals surface area contributed by atoms with Crippen LogP contribution in [0.25, 0.3) is 0 Å². The highest BCUT2D eigenvalue weighted by Gasteiger charge is 2.30. The molecule has 0 aliphatic carbocycles. The molecule has 0 spiro atoms. The first kappa shape index (κ1) is 16.0. The van der Waals surface area contributed by atoms with Crippen molar-refractivity contribution in [3.63, 3.8) is 0 Å². The molecule has 0 saturated carbocycles. The van der Waals surface area contributed by atoms with E-state index >= 15 is 0 Å². The van der Waals surface area contributed by atoms with Gasteiger partial charge in [-0.3, -0.25) is 9.78 Å². The number of nitrogens with zero attached hydrogens (tertiary/aromatic N) is 5. The van der Waals surface area contributed by atoms with E-state index in [9.17, 15) is 4.79 Å². The molecule has 0 bridgehead atoms. The van der Waals surface area contributed by atoms with Crippen LogP contribution < -0.4 is 15.5 Å². The summed E-state index contributed by atoms with van der Waals surface area (Å²) in [6.45, 7) is 6.22. The first-order chi connectivity index (χ1) is 12.1. The maximum atomic E-state index is 12.6. The first-order valence-electron chi connectivity index (χ1n) is 8.73. The largest absolute Gasteiger partial charge is 0.346 e. The molecule has 8 nitrogen and oxygen atoms in total. The van der Waals surface area contributed by atoms with Crippen LogP contribution in [0.1, 0.15) is 36.1 Å². The van der Waals surface area contributed by atoms with Gasteiger partial charge in [-0.05, 0) is 32.9 Å². The average molecular weight is 341 g/mol. The van der Waals surface area contributed by atoms with E-state index in [1.165, 1.54) is 0 Å². The average Bonchev–Trinajstić information content (AvgIpc) is 3.06. The molecule has 2 aromatic heterocycles. The van der Waals surface area contributed by atoms with Gasteiger partial charge in [0.05, 0.1) is 12.7 Å². The van der Waals surface area contributed by atoms with Gasteiger partial charge in [0, 0.05) is 37.2 Å². The second-order valence-electron chi connectivity index (χ2n) is 6.99. The molecule has 4 heterocycles. The van der Waals surface area contributed by atoms with E-state index in [2.05, 4.69) is 42.0 Å². The van der Waals surface area contributed by atoms with E-state index in [0.29, 0.717) is 12.2 Å². The number of carbonyl (C=O) groups excluding carboxylic acids is 1. The van der Waals surface area contributed by atoms with Crippen molar-refractivity contribution >= 4 is 11.7 Å². The Morgan fingerprint density at radius 3 is 2.88 bits per heavy atom. The number of nitrogens with one attached hydrogen (secondary N) is 2. The molecule has 0 unspecified atom stereocenters. The lowest BCUT2D eigenvalue weighted by atomic mass is 9.90. The van der Waals surface area contributed by atoms with Crippen LogP contribution in [0.3, 0.4) is 0 Å². The predicted molar refractivity (Wildman–Crippen MR) is 93.3 cm³/mol. The molecule has 8 heteroatoms. The van der Waals surface area contributed by atoms with Crippen molar-refractivity contribution in [3.8, 4) is 0 Å². The van der Waals surface area contributed by atoms with Crippen LogP contribution in [0.4, 0.5) is 5.82 Å².